The Balaban J connectivity index is 3.02. The molecule has 17 N–H and O–H groups in total. The van der Waals surface area contributed by atoms with Gasteiger partial charge in [0.05, 0.1) is 0 Å². The van der Waals surface area contributed by atoms with Gasteiger partial charge in [0.2, 0.25) is 0 Å². The molecule has 0 aromatic rings. The van der Waals surface area contributed by atoms with Crippen LogP contribution in [0.3, 0.4) is 0 Å². The van der Waals surface area contributed by atoms with Gasteiger partial charge < -0.3 is 80.6 Å². The molecule has 43 heavy (non-hydrogen) atoms. The van der Waals surface area contributed by atoms with Gasteiger partial charge in [-0.15, -0.1) is 0 Å². The molecule has 0 rings (SSSR count). The molecule has 0 aromatic heterocycles. The second kappa shape index (κ2) is 41.4. The summed E-state index contributed by atoms with van der Waals surface area (Å²) in [6.07, 6.45) is 0. The largest absolute Gasteiger partial charge is 0.329 e. The molecule has 0 saturated carbocycles. The Kier molecular flexibility index (Phi) is 40.8. The van der Waals surface area contributed by atoms with E-state index in [9.17, 15) is 0 Å². The number of nitrogens with one attached hydrogen (secondary N) is 13. The normalized spacial score (nSPS) is 11.6. The van der Waals surface area contributed by atoms with Crippen molar-refractivity contribution in [2.45, 2.75) is 0 Å². The fraction of sp³-hybridized carbons (Fsp3) is 1.00. The summed E-state index contributed by atoms with van der Waals surface area (Å²) < 4.78 is 0. The van der Waals surface area contributed by atoms with E-state index in [1.807, 2.05) is 0 Å². The van der Waals surface area contributed by atoms with E-state index in [0.29, 0.717) is 13.1 Å². The van der Waals surface area contributed by atoms with Crippen LogP contribution >= 0.6 is 0 Å². The van der Waals surface area contributed by atoms with Crippen LogP contribution in [0, 0.1) is 0 Å². The Bertz CT molecular complexity index is 439. The summed E-state index contributed by atoms with van der Waals surface area (Å²) in [6.45, 7) is 27.1. The minimum atomic E-state index is 0.699. The molecule has 0 aliphatic heterocycles. The van der Waals surface area contributed by atoms with Crippen molar-refractivity contribution in [3.8, 4) is 0 Å². The number of hydrogen-bond acceptors (Lipinski definition) is 15. The highest BCUT2D eigenvalue weighted by Gasteiger charge is 1.94. The highest BCUT2D eigenvalue weighted by atomic mass is 15.0. The van der Waals surface area contributed by atoms with E-state index in [2.05, 4.69) is 69.1 Å². The molecule has 0 fully saturated rings. The predicted molar refractivity (Wildman–Crippen MR) is 185 cm³/mol. The molecule has 0 bridgehead atoms. The van der Waals surface area contributed by atoms with Gasteiger partial charge in [-0.1, -0.05) is 0 Å². The molecule has 0 spiro atoms. The first-order chi connectivity index (χ1) is 21.4. The van der Waals surface area contributed by atoms with Crippen LogP contribution in [0.5, 0.6) is 0 Å². The SMILES string of the molecule is NCCNCCNCCNCCNCCNCCNCCNCCNCCNCCNCCNCCNCCNCCN. The predicted octanol–water partition coefficient (Wildman–Crippen LogP) is -6.43. The maximum Gasteiger partial charge on any atom is 0.00772 e. The summed E-state index contributed by atoms with van der Waals surface area (Å²) in [7, 11) is 0. The first-order valence-corrected chi connectivity index (χ1v) is 17.0. The Morgan fingerprint density at radius 2 is 0.256 bits per heavy atom. The van der Waals surface area contributed by atoms with E-state index in [0.717, 1.165) is 170 Å². The standard InChI is InChI=1S/C28H73N15/c29-1-3-31-5-7-33-9-11-35-13-15-37-17-19-39-21-23-41-25-27-43-28-26-42-24-22-40-20-18-38-16-14-36-12-10-34-8-6-32-4-2-30/h31-43H,1-30H2. The van der Waals surface area contributed by atoms with Crippen LogP contribution < -0.4 is 80.6 Å². The van der Waals surface area contributed by atoms with Gasteiger partial charge in [0.1, 0.15) is 0 Å². The number of nitrogens with two attached hydrogens (primary N) is 2. The molecule has 15 heteroatoms. The van der Waals surface area contributed by atoms with Crippen LogP contribution in [-0.2, 0) is 0 Å². The molecule has 0 saturated heterocycles. The van der Waals surface area contributed by atoms with Crippen molar-refractivity contribution in [2.24, 2.45) is 11.5 Å². The lowest BCUT2D eigenvalue weighted by Crippen LogP contribution is -2.39. The van der Waals surface area contributed by atoms with E-state index in [4.69, 9.17) is 11.5 Å². The Labute approximate surface area is 263 Å². The summed E-state index contributed by atoms with van der Waals surface area (Å²) in [4.78, 5) is 0. The third kappa shape index (κ3) is 41.4. The van der Waals surface area contributed by atoms with Crippen molar-refractivity contribution < 1.29 is 0 Å². The lowest BCUT2D eigenvalue weighted by atomic mass is 10.5. The lowest BCUT2D eigenvalue weighted by Gasteiger charge is -2.10. The average molecular weight is 620 g/mol. The Hall–Kier alpha value is -0.600. The van der Waals surface area contributed by atoms with E-state index >= 15 is 0 Å². The van der Waals surface area contributed by atoms with Gasteiger partial charge in [0.15, 0.2) is 0 Å². The van der Waals surface area contributed by atoms with Gasteiger partial charge in [-0.05, 0) is 0 Å². The fourth-order valence-corrected chi connectivity index (χ4v) is 3.95. The van der Waals surface area contributed by atoms with E-state index in [1.54, 1.807) is 0 Å². The van der Waals surface area contributed by atoms with Gasteiger partial charge in [-0.2, -0.15) is 0 Å². The van der Waals surface area contributed by atoms with Crippen LogP contribution in [0.2, 0.25) is 0 Å². The van der Waals surface area contributed by atoms with Crippen LogP contribution in [0.25, 0.3) is 0 Å². The topological polar surface area (TPSA) is 208 Å². The quantitative estimate of drug-likeness (QED) is 0.0288. The molecule has 0 amide bonds. The van der Waals surface area contributed by atoms with Gasteiger partial charge in [-0.25, -0.2) is 0 Å². The highest BCUT2D eigenvalue weighted by molar-refractivity contribution is 4.61. The van der Waals surface area contributed by atoms with Crippen LogP contribution in [0.4, 0.5) is 0 Å². The van der Waals surface area contributed by atoms with Crippen molar-refractivity contribution in [2.75, 3.05) is 183 Å². The van der Waals surface area contributed by atoms with Crippen LogP contribution in [0.1, 0.15) is 0 Å². The summed E-state index contributed by atoms with van der Waals surface area (Å²) in [5, 5.41) is 44.5. The lowest BCUT2D eigenvalue weighted by molar-refractivity contribution is 0.539. The highest BCUT2D eigenvalue weighted by Crippen LogP contribution is 1.68. The fourth-order valence-electron chi connectivity index (χ4n) is 3.95. The molecular weight excluding hydrogens is 546 g/mol. The summed E-state index contributed by atoms with van der Waals surface area (Å²) in [5.41, 5.74) is 10.9. The zero-order chi connectivity index (χ0) is 31.0. The maximum atomic E-state index is 5.44. The van der Waals surface area contributed by atoms with Gasteiger partial charge in [-0.3, -0.25) is 0 Å². The molecule has 0 atom stereocenters. The van der Waals surface area contributed by atoms with Gasteiger partial charge >= 0.3 is 0 Å². The molecule has 0 aliphatic carbocycles. The molecule has 0 aromatic carbocycles. The molecule has 0 heterocycles. The smallest absolute Gasteiger partial charge is 0.00772 e. The van der Waals surface area contributed by atoms with E-state index < -0.39 is 0 Å². The third-order valence-electron chi connectivity index (χ3n) is 6.38. The number of rotatable bonds is 40. The third-order valence-corrected chi connectivity index (χ3v) is 6.38. The van der Waals surface area contributed by atoms with Crippen LogP contribution in [0.15, 0.2) is 0 Å². The minimum Gasteiger partial charge on any atom is -0.329 e. The first kappa shape index (κ1) is 42.4. The number of hydrogen-bond donors (Lipinski definition) is 15. The van der Waals surface area contributed by atoms with Crippen molar-refractivity contribution in [1.29, 1.82) is 0 Å². The van der Waals surface area contributed by atoms with Gasteiger partial charge in [0.25, 0.3) is 0 Å². The second-order valence-electron chi connectivity index (χ2n) is 10.3. The minimum absolute atomic E-state index is 0.699. The summed E-state index contributed by atoms with van der Waals surface area (Å²) in [5.74, 6) is 0. The molecule has 260 valence electrons. The molecule has 0 aliphatic rings. The molecular formula is C28H73N15. The zero-order valence-electron chi connectivity index (χ0n) is 27.5. The summed E-state index contributed by atoms with van der Waals surface area (Å²) in [6, 6.07) is 0. The Morgan fingerprint density at radius 3 is 0.349 bits per heavy atom. The maximum absolute atomic E-state index is 5.44. The van der Waals surface area contributed by atoms with Crippen molar-refractivity contribution in [1.82, 2.24) is 69.1 Å². The molecule has 0 radical (unpaired) electrons. The van der Waals surface area contributed by atoms with Crippen LogP contribution in [-0.4, -0.2) is 183 Å². The average Bonchev–Trinajstić information content (AvgIpc) is 3.02. The van der Waals surface area contributed by atoms with Crippen molar-refractivity contribution in [3.05, 3.63) is 0 Å². The first-order valence-electron chi connectivity index (χ1n) is 17.0. The van der Waals surface area contributed by atoms with Crippen molar-refractivity contribution in [3.63, 3.8) is 0 Å². The van der Waals surface area contributed by atoms with E-state index in [-0.39, 0.29) is 0 Å². The monoisotopic (exact) mass is 620 g/mol. The second-order valence-corrected chi connectivity index (χ2v) is 10.3. The molecule has 0 unspecified atom stereocenters. The van der Waals surface area contributed by atoms with Gasteiger partial charge in [0, 0.05) is 183 Å². The zero-order valence-corrected chi connectivity index (χ0v) is 27.5. The Morgan fingerprint density at radius 1 is 0.163 bits per heavy atom. The summed E-state index contributed by atoms with van der Waals surface area (Å²) >= 11 is 0. The molecule has 15 nitrogen and oxygen atoms in total. The van der Waals surface area contributed by atoms with Crippen molar-refractivity contribution >= 4 is 0 Å². The van der Waals surface area contributed by atoms with E-state index in [1.165, 1.54) is 0 Å².